The zero-order valence-electron chi connectivity index (χ0n) is 10.7. The van der Waals surface area contributed by atoms with Gasteiger partial charge in [0.1, 0.15) is 5.75 Å². The molecule has 0 atom stereocenters. The lowest BCUT2D eigenvalue weighted by Gasteiger charge is -2.08. The minimum absolute atomic E-state index is 0.0161. The average molecular weight is 284 g/mol. The second kappa shape index (κ2) is 4.93. The number of ketones is 1. The predicted octanol–water partition coefficient (Wildman–Crippen LogP) is 1.96. The number of allylic oxidation sites excluding steroid dienone is 1. The van der Waals surface area contributed by atoms with Crippen molar-refractivity contribution in [1.82, 2.24) is 0 Å². The molecule has 0 aromatic heterocycles. The van der Waals surface area contributed by atoms with E-state index < -0.39 is 0 Å². The third kappa shape index (κ3) is 2.45. The summed E-state index contributed by atoms with van der Waals surface area (Å²) < 4.78 is 5.38. The fraction of sp³-hybridized carbons (Fsp3) is 0. The summed E-state index contributed by atoms with van der Waals surface area (Å²) in [4.78, 5) is 12.1. The number of anilines is 1. The Morgan fingerprint density at radius 1 is 1.14 bits per heavy atom. The van der Waals surface area contributed by atoms with Crippen LogP contribution in [0.25, 0.3) is 6.08 Å². The van der Waals surface area contributed by atoms with Gasteiger partial charge in [0.15, 0.2) is 5.76 Å². The number of benzene rings is 2. The van der Waals surface area contributed by atoms with E-state index in [0.717, 1.165) is 0 Å². The normalized spacial score (nSPS) is 15.0. The van der Waals surface area contributed by atoms with Gasteiger partial charge in [0.05, 0.1) is 11.3 Å². The van der Waals surface area contributed by atoms with Gasteiger partial charge in [0, 0.05) is 0 Å². The molecule has 0 unspecified atom stereocenters. The fourth-order valence-electron chi connectivity index (χ4n) is 2.06. The van der Waals surface area contributed by atoms with Gasteiger partial charge in [0.25, 0.3) is 0 Å². The van der Waals surface area contributed by atoms with Gasteiger partial charge in [-0.15, -0.1) is 11.0 Å². The molecule has 1 aliphatic rings. The number of nitrogens with zero attached hydrogens (tertiary/aromatic N) is 1. The number of rotatable bonds is 2. The predicted molar refractivity (Wildman–Crippen MR) is 71.3 cm³/mol. The maximum atomic E-state index is 12.1. The molecule has 2 aromatic rings. The van der Waals surface area contributed by atoms with Crippen LogP contribution in [0.5, 0.6) is 11.5 Å². The van der Waals surface area contributed by atoms with Gasteiger partial charge in [-0.1, -0.05) is 18.2 Å². The zero-order chi connectivity index (χ0) is 15.0. The molecule has 6 heteroatoms. The molecule has 106 valence electrons. The molecule has 1 heterocycles. The van der Waals surface area contributed by atoms with Crippen LogP contribution in [0.15, 0.2) is 48.2 Å². The smallest absolute Gasteiger partial charge is 0.231 e. The van der Waals surface area contributed by atoms with Crippen LogP contribution in [0.2, 0.25) is 0 Å². The van der Waals surface area contributed by atoms with Crippen molar-refractivity contribution in [2.24, 2.45) is 0 Å². The highest BCUT2D eigenvalue weighted by Crippen LogP contribution is 2.33. The fourth-order valence-corrected chi connectivity index (χ4v) is 2.06. The molecule has 2 N–H and O–H groups in total. The van der Waals surface area contributed by atoms with Crippen molar-refractivity contribution in [3.05, 3.63) is 59.4 Å². The topological polar surface area (TPSA) is 93.1 Å². The molecule has 0 saturated heterocycles. The quantitative estimate of drug-likeness (QED) is 0.647. The van der Waals surface area contributed by atoms with Gasteiger partial charge >= 0.3 is 0 Å². The highest BCUT2D eigenvalue weighted by atomic mass is 16.8. The van der Waals surface area contributed by atoms with Crippen molar-refractivity contribution in [2.45, 2.75) is 0 Å². The Balaban J connectivity index is 1.96. The number of fused-ring (bicyclic) bond motifs is 1. The molecule has 0 spiro atoms. The van der Waals surface area contributed by atoms with Gasteiger partial charge in [0.2, 0.25) is 5.78 Å². The van der Waals surface area contributed by atoms with E-state index in [4.69, 9.17) is 15.2 Å². The lowest BCUT2D eigenvalue weighted by molar-refractivity contribution is -0.268. The highest BCUT2D eigenvalue weighted by Gasteiger charge is 2.26. The first kappa shape index (κ1) is 13.2. The lowest BCUT2D eigenvalue weighted by Crippen LogP contribution is -2.10. The van der Waals surface area contributed by atoms with E-state index in [1.807, 2.05) is 0 Å². The van der Waals surface area contributed by atoms with Crippen LogP contribution in [-0.4, -0.2) is 16.2 Å². The molecule has 0 saturated carbocycles. The molecule has 0 bridgehead atoms. The Kier molecular flexibility index (Phi) is 3.09. The molecule has 0 fully saturated rings. The van der Waals surface area contributed by atoms with E-state index in [0.29, 0.717) is 11.1 Å². The van der Waals surface area contributed by atoms with Crippen LogP contribution in [0.4, 0.5) is 5.69 Å². The van der Waals surface area contributed by atoms with Crippen molar-refractivity contribution in [2.75, 3.05) is 5.23 Å². The molecular weight excluding hydrogens is 274 g/mol. The maximum Gasteiger partial charge on any atom is 0.231 e. The van der Waals surface area contributed by atoms with E-state index in [9.17, 15) is 9.90 Å². The van der Waals surface area contributed by atoms with Crippen molar-refractivity contribution in [3.8, 4) is 11.5 Å². The molecule has 0 radical (unpaired) electrons. The Morgan fingerprint density at radius 3 is 2.71 bits per heavy atom. The SMILES string of the molecule is O=C1C(=Cc2cccc(N(O)O)c2)Oc2cc([O-])ccc21. The summed E-state index contributed by atoms with van der Waals surface area (Å²) >= 11 is 0. The molecule has 0 amide bonds. The highest BCUT2D eigenvalue weighted by molar-refractivity contribution is 6.14. The Labute approximate surface area is 119 Å². The van der Waals surface area contributed by atoms with E-state index in [-0.39, 0.29) is 34.0 Å². The second-order valence-corrected chi connectivity index (χ2v) is 4.48. The third-order valence-corrected chi connectivity index (χ3v) is 3.04. The van der Waals surface area contributed by atoms with Crippen molar-refractivity contribution < 1.29 is 25.1 Å². The molecule has 0 aliphatic carbocycles. The molecular formula is C15H10NO5-. The molecule has 1 aliphatic heterocycles. The van der Waals surface area contributed by atoms with Crippen molar-refractivity contribution in [3.63, 3.8) is 0 Å². The molecule has 21 heavy (non-hydrogen) atoms. The van der Waals surface area contributed by atoms with Gasteiger partial charge in [-0.25, -0.2) is 0 Å². The molecule has 6 nitrogen and oxygen atoms in total. The summed E-state index contributed by atoms with van der Waals surface area (Å²) in [6, 6.07) is 10.2. The summed E-state index contributed by atoms with van der Waals surface area (Å²) in [7, 11) is 0. The zero-order valence-corrected chi connectivity index (χ0v) is 10.7. The largest absolute Gasteiger partial charge is 0.872 e. The van der Waals surface area contributed by atoms with E-state index >= 15 is 0 Å². The van der Waals surface area contributed by atoms with Crippen LogP contribution in [0, 0.1) is 0 Å². The standard InChI is InChI=1S/C15H11NO5/c17-11-4-5-12-13(8-11)21-14(15(12)18)7-9-2-1-3-10(6-9)16(19)20/h1-8,17,19-20H/p-1. The minimum atomic E-state index is -0.319. The van der Waals surface area contributed by atoms with Gasteiger partial charge in [-0.2, -0.15) is 0 Å². The van der Waals surface area contributed by atoms with Crippen LogP contribution in [-0.2, 0) is 0 Å². The lowest BCUT2D eigenvalue weighted by atomic mass is 10.1. The molecule has 3 rings (SSSR count). The number of ether oxygens (including phenoxy) is 1. The van der Waals surface area contributed by atoms with Crippen LogP contribution < -0.4 is 15.1 Å². The van der Waals surface area contributed by atoms with Crippen LogP contribution in [0.1, 0.15) is 15.9 Å². The first-order chi connectivity index (χ1) is 10.0. The number of hydrogen-bond acceptors (Lipinski definition) is 6. The van der Waals surface area contributed by atoms with Gasteiger partial charge in [-0.05, 0) is 35.9 Å². The monoisotopic (exact) mass is 284 g/mol. The third-order valence-electron chi connectivity index (χ3n) is 3.04. The second-order valence-electron chi connectivity index (χ2n) is 4.48. The van der Waals surface area contributed by atoms with E-state index in [2.05, 4.69) is 0 Å². The van der Waals surface area contributed by atoms with Gasteiger partial charge in [-0.3, -0.25) is 15.2 Å². The summed E-state index contributed by atoms with van der Waals surface area (Å²) in [6.45, 7) is 0. The number of carbonyl (C=O) groups is 1. The number of Topliss-reactive ketones (excluding diaryl/α,β-unsaturated/α-hetero) is 1. The Bertz CT molecular complexity index is 751. The minimum Gasteiger partial charge on any atom is -0.872 e. The van der Waals surface area contributed by atoms with E-state index in [1.54, 1.807) is 12.1 Å². The maximum absolute atomic E-state index is 12.1. The van der Waals surface area contributed by atoms with E-state index in [1.165, 1.54) is 36.4 Å². The summed E-state index contributed by atoms with van der Waals surface area (Å²) in [5.74, 6) is -0.239. The van der Waals surface area contributed by atoms with Crippen molar-refractivity contribution in [1.29, 1.82) is 0 Å². The van der Waals surface area contributed by atoms with Crippen LogP contribution >= 0.6 is 0 Å². The number of carbonyl (C=O) groups excluding carboxylic acids is 1. The molecule has 2 aromatic carbocycles. The Morgan fingerprint density at radius 2 is 1.95 bits per heavy atom. The summed E-state index contributed by atoms with van der Waals surface area (Å²) in [5.41, 5.74) is 1.04. The van der Waals surface area contributed by atoms with Crippen molar-refractivity contribution >= 4 is 17.5 Å². The summed E-state index contributed by atoms with van der Waals surface area (Å²) in [6.07, 6.45) is 1.47. The first-order valence-electron chi connectivity index (χ1n) is 6.08. The Hall–Kier alpha value is -2.83. The first-order valence-corrected chi connectivity index (χ1v) is 6.08. The van der Waals surface area contributed by atoms with Gasteiger partial charge < -0.3 is 9.84 Å². The van der Waals surface area contributed by atoms with Crippen LogP contribution in [0.3, 0.4) is 0 Å². The summed E-state index contributed by atoms with van der Waals surface area (Å²) in [5, 5.41) is 29.2. The number of hydrogen-bond donors (Lipinski definition) is 2. The average Bonchev–Trinajstić information content (AvgIpc) is 2.75.